The molecule has 0 atom stereocenters. The summed E-state index contributed by atoms with van der Waals surface area (Å²) < 4.78 is 10.6. The van der Waals surface area contributed by atoms with Crippen LogP contribution in [-0.4, -0.2) is 18.7 Å². The molecule has 0 saturated heterocycles. The zero-order chi connectivity index (χ0) is 10.1. The summed E-state index contributed by atoms with van der Waals surface area (Å²) in [5.74, 6) is 0. The molecule has 3 heteroatoms. The summed E-state index contributed by atoms with van der Waals surface area (Å²) in [5, 5.41) is 0.978. The summed E-state index contributed by atoms with van der Waals surface area (Å²) in [6.45, 7) is 1.75. The van der Waals surface area contributed by atoms with Gasteiger partial charge in [-0.05, 0) is 12.0 Å². The largest absolute Gasteiger partial charge is 0.355 e. The first-order chi connectivity index (χ1) is 6.93. The smallest absolute Gasteiger partial charge is 0.147 e. The summed E-state index contributed by atoms with van der Waals surface area (Å²) in [5.41, 5.74) is 1.18. The Bertz CT molecular complexity index is 226. The molecule has 0 aliphatic heterocycles. The van der Waals surface area contributed by atoms with Crippen LogP contribution in [0.4, 0.5) is 0 Å². The van der Waals surface area contributed by atoms with Gasteiger partial charge in [-0.2, -0.15) is 0 Å². The molecular formula is C11H15BrO2. The molecule has 78 valence electrons. The Morgan fingerprint density at radius 3 is 2.57 bits per heavy atom. The lowest BCUT2D eigenvalue weighted by molar-refractivity contribution is -0.0609. The summed E-state index contributed by atoms with van der Waals surface area (Å²) in [7, 11) is 0. The molecule has 0 N–H and O–H groups in total. The van der Waals surface area contributed by atoms with Crippen molar-refractivity contribution in [1.82, 2.24) is 0 Å². The van der Waals surface area contributed by atoms with Crippen LogP contribution in [0, 0.1) is 0 Å². The van der Waals surface area contributed by atoms with Gasteiger partial charge >= 0.3 is 0 Å². The van der Waals surface area contributed by atoms with E-state index in [0.717, 1.165) is 18.4 Å². The average molecular weight is 259 g/mol. The van der Waals surface area contributed by atoms with Crippen LogP contribution in [-0.2, 0) is 16.1 Å². The van der Waals surface area contributed by atoms with Crippen LogP contribution in [0.5, 0.6) is 0 Å². The third-order valence-corrected chi connectivity index (χ3v) is 2.26. The van der Waals surface area contributed by atoms with Gasteiger partial charge in [0.15, 0.2) is 0 Å². The Hall–Kier alpha value is -0.380. The lowest BCUT2D eigenvalue weighted by atomic mass is 10.2. The van der Waals surface area contributed by atoms with Crippen LogP contribution >= 0.6 is 15.9 Å². The van der Waals surface area contributed by atoms with Crippen LogP contribution in [0.2, 0.25) is 0 Å². The van der Waals surface area contributed by atoms with E-state index in [1.54, 1.807) is 0 Å². The molecule has 0 bridgehead atoms. The van der Waals surface area contributed by atoms with E-state index in [1.165, 1.54) is 5.56 Å². The fourth-order valence-corrected chi connectivity index (χ4v) is 1.24. The third-order valence-electron chi connectivity index (χ3n) is 1.70. The van der Waals surface area contributed by atoms with Gasteiger partial charge in [0.25, 0.3) is 0 Å². The molecule has 1 aromatic rings. The molecule has 0 amide bonds. The molecule has 1 rings (SSSR count). The third kappa shape index (κ3) is 5.37. The monoisotopic (exact) mass is 258 g/mol. The Morgan fingerprint density at radius 2 is 1.86 bits per heavy atom. The molecule has 0 aliphatic rings. The predicted octanol–water partition coefficient (Wildman–Crippen LogP) is 2.96. The number of hydrogen-bond acceptors (Lipinski definition) is 2. The van der Waals surface area contributed by atoms with E-state index >= 15 is 0 Å². The lowest BCUT2D eigenvalue weighted by Gasteiger charge is -2.04. The van der Waals surface area contributed by atoms with Crippen molar-refractivity contribution in [3.05, 3.63) is 35.9 Å². The minimum Gasteiger partial charge on any atom is -0.355 e. The SMILES string of the molecule is BrCCCOCOCc1ccccc1. The quantitative estimate of drug-likeness (QED) is 0.426. The van der Waals surface area contributed by atoms with Crippen molar-refractivity contribution in [3.8, 4) is 0 Å². The Morgan fingerprint density at radius 1 is 1.07 bits per heavy atom. The number of halogens is 1. The second kappa shape index (κ2) is 7.97. The zero-order valence-corrected chi connectivity index (χ0v) is 9.70. The van der Waals surface area contributed by atoms with Crippen molar-refractivity contribution in [1.29, 1.82) is 0 Å². The molecule has 14 heavy (non-hydrogen) atoms. The van der Waals surface area contributed by atoms with E-state index in [9.17, 15) is 0 Å². The highest BCUT2D eigenvalue weighted by Crippen LogP contribution is 2.00. The van der Waals surface area contributed by atoms with Crippen LogP contribution in [0.15, 0.2) is 30.3 Å². The van der Waals surface area contributed by atoms with Gasteiger partial charge in [0.2, 0.25) is 0 Å². The fourth-order valence-electron chi connectivity index (χ4n) is 1.01. The van der Waals surface area contributed by atoms with Gasteiger partial charge in [0.1, 0.15) is 6.79 Å². The standard InChI is InChI=1S/C11H15BrO2/c12-7-4-8-13-10-14-9-11-5-2-1-3-6-11/h1-3,5-6H,4,7-10H2. The highest BCUT2D eigenvalue weighted by molar-refractivity contribution is 9.09. The predicted molar refractivity (Wildman–Crippen MR) is 60.5 cm³/mol. The van der Waals surface area contributed by atoms with Crippen LogP contribution in [0.1, 0.15) is 12.0 Å². The molecule has 0 aromatic heterocycles. The Balaban J connectivity index is 1.99. The molecule has 1 aromatic carbocycles. The number of alkyl halides is 1. The van der Waals surface area contributed by atoms with Crippen molar-refractivity contribution in [2.75, 3.05) is 18.7 Å². The summed E-state index contributed by atoms with van der Waals surface area (Å²) in [4.78, 5) is 0. The normalized spacial score (nSPS) is 10.4. The molecular weight excluding hydrogens is 244 g/mol. The van der Waals surface area contributed by atoms with E-state index in [1.807, 2.05) is 30.3 Å². The van der Waals surface area contributed by atoms with Crippen LogP contribution in [0.25, 0.3) is 0 Å². The van der Waals surface area contributed by atoms with Gasteiger partial charge in [0.05, 0.1) is 13.2 Å². The van der Waals surface area contributed by atoms with Crippen molar-refractivity contribution in [2.45, 2.75) is 13.0 Å². The van der Waals surface area contributed by atoms with Crippen LogP contribution < -0.4 is 0 Å². The van der Waals surface area contributed by atoms with Gasteiger partial charge in [-0.3, -0.25) is 0 Å². The molecule has 0 saturated carbocycles. The van der Waals surface area contributed by atoms with Crippen LogP contribution in [0.3, 0.4) is 0 Å². The van der Waals surface area contributed by atoms with Gasteiger partial charge < -0.3 is 9.47 Å². The van der Waals surface area contributed by atoms with Crippen molar-refractivity contribution in [2.24, 2.45) is 0 Å². The first kappa shape index (κ1) is 11.7. The zero-order valence-electron chi connectivity index (χ0n) is 8.12. The van der Waals surface area contributed by atoms with E-state index in [-0.39, 0.29) is 0 Å². The summed E-state index contributed by atoms with van der Waals surface area (Å²) >= 11 is 3.33. The summed E-state index contributed by atoms with van der Waals surface area (Å²) in [6, 6.07) is 10.1. The highest BCUT2D eigenvalue weighted by atomic mass is 79.9. The molecule has 0 fully saturated rings. The van der Waals surface area contributed by atoms with Gasteiger partial charge in [-0.15, -0.1) is 0 Å². The second-order valence-corrected chi connectivity index (χ2v) is 3.70. The Labute approximate surface area is 93.4 Å². The van der Waals surface area contributed by atoms with Gasteiger partial charge in [-0.1, -0.05) is 46.3 Å². The minimum atomic E-state index is 0.377. The maximum atomic E-state index is 5.33. The van der Waals surface area contributed by atoms with E-state index in [2.05, 4.69) is 15.9 Å². The first-order valence-corrected chi connectivity index (χ1v) is 5.81. The maximum absolute atomic E-state index is 5.33. The fraction of sp³-hybridized carbons (Fsp3) is 0.455. The van der Waals surface area contributed by atoms with E-state index in [0.29, 0.717) is 13.4 Å². The number of hydrogen-bond donors (Lipinski definition) is 0. The van der Waals surface area contributed by atoms with Gasteiger partial charge in [-0.25, -0.2) is 0 Å². The molecule has 0 heterocycles. The number of benzene rings is 1. The molecule has 0 aliphatic carbocycles. The Kier molecular flexibility index (Phi) is 6.66. The average Bonchev–Trinajstić information content (AvgIpc) is 2.25. The van der Waals surface area contributed by atoms with Crippen molar-refractivity contribution in [3.63, 3.8) is 0 Å². The number of rotatable bonds is 7. The lowest BCUT2D eigenvalue weighted by Crippen LogP contribution is -2.01. The maximum Gasteiger partial charge on any atom is 0.147 e. The molecule has 0 unspecified atom stereocenters. The second-order valence-electron chi connectivity index (χ2n) is 2.90. The molecule has 0 radical (unpaired) electrons. The summed E-state index contributed by atoms with van der Waals surface area (Å²) in [6.07, 6.45) is 1.02. The van der Waals surface area contributed by atoms with Crippen molar-refractivity contribution < 1.29 is 9.47 Å². The van der Waals surface area contributed by atoms with Crippen molar-refractivity contribution >= 4 is 15.9 Å². The van der Waals surface area contributed by atoms with Gasteiger partial charge in [0, 0.05) is 5.33 Å². The highest BCUT2D eigenvalue weighted by Gasteiger charge is 1.91. The minimum absolute atomic E-state index is 0.377. The first-order valence-electron chi connectivity index (χ1n) is 4.69. The van der Waals surface area contributed by atoms with E-state index in [4.69, 9.17) is 9.47 Å². The number of ether oxygens (including phenoxy) is 2. The van der Waals surface area contributed by atoms with E-state index < -0.39 is 0 Å². The molecule has 2 nitrogen and oxygen atoms in total. The molecule has 0 spiro atoms. The topological polar surface area (TPSA) is 18.5 Å².